The van der Waals surface area contributed by atoms with E-state index in [9.17, 15) is 9.18 Å². The van der Waals surface area contributed by atoms with Crippen molar-refractivity contribution in [2.45, 2.75) is 44.3 Å². The molecule has 1 amide bonds. The highest BCUT2D eigenvalue weighted by Gasteiger charge is 2.62. The molecule has 140 valence electrons. The molecule has 1 aromatic rings. The second-order valence-corrected chi connectivity index (χ2v) is 8.81. The quantitative estimate of drug-likeness (QED) is 0.880. The minimum atomic E-state index is -0.415. The third-order valence-electron chi connectivity index (χ3n) is 7.00. The molecule has 1 aliphatic carbocycles. The SMILES string of the molecule is Cc1cccc(C(=O)NC[C@H]2[C@H]3CN(CC4CC4)C[C@]34CC[C@H]2O4)c1F. The van der Waals surface area contributed by atoms with E-state index in [4.69, 9.17) is 4.74 Å². The molecule has 4 atom stereocenters. The highest BCUT2D eigenvalue weighted by atomic mass is 19.1. The van der Waals surface area contributed by atoms with Gasteiger partial charge in [0.05, 0.1) is 17.3 Å². The molecule has 26 heavy (non-hydrogen) atoms. The first kappa shape index (κ1) is 16.7. The first-order chi connectivity index (χ1) is 12.6. The van der Waals surface area contributed by atoms with Gasteiger partial charge in [0, 0.05) is 38.0 Å². The van der Waals surface area contributed by atoms with Gasteiger partial charge in [-0.05, 0) is 50.2 Å². The molecule has 1 saturated carbocycles. The fourth-order valence-corrected chi connectivity index (χ4v) is 5.49. The Balaban J connectivity index is 1.26. The van der Waals surface area contributed by atoms with E-state index in [-0.39, 0.29) is 23.2 Å². The Hall–Kier alpha value is -1.46. The topological polar surface area (TPSA) is 41.6 Å². The molecule has 4 nitrogen and oxygen atoms in total. The fraction of sp³-hybridized carbons (Fsp3) is 0.667. The molecule has 3 heterocycles. The lowest BCUT2D eigenvalue weighted by molar-refractivity contribution is 0.00244. The van der Waals surface area contributed by atoms with E-state index in [2.05, 4.69) is 10.2 Å². The number of carbonyl (C=O) groups excluding carboxylic acids is 1. The lowest BCUT2D eigenvalue weighted by Crippen LogP contribution is -2.42. The highest BCUT2D eigenvalue weighted by molar-refractivity contribution is 5.94. The molecule has 1 N–H and O–H groups in total. The van der Waals surface area contributed by atoms with Gasteiger partial charge in [0.15, 0.2) is 0 Å². The summed E-state index contributed by atoms with van der Waals surface area (Å²) in [6, 6.07) is 4.98. The standard InChI is InChI=1S/C21H27FN2O2/c1-13-3-2-4-15(19(13)22)20(25)23-9-16-17-11-24(10-14-5-6-14)12-21(17)8-7-18(16)26-21/h2-4,14,16-18H,5-12H2,1H3,(H,23,25)/t16-,17+,18+,21+/m0/s1. The zero-order valence-electron chi connectivity index (χ0n) is 15.3. The summed E-state index contributed by atoms with van der Waals surface area (Å²) in [5.41, 5.74) is 0.667. The molecule has 5 rings (SSSR count). The molecule has 4 fully saturated rings. The zero-order chi connectivity index (χ0) is 17.9. The first-order valence-corrected chi connectivity index (χ1v) is 9.99. The molecule has 3 saturated heterocycles. The maximum Gasteiger partial charge on any atom is 0.254 e. The van der Waals surface area contributed by atoms with Crippen molar-refractivity contribution in [3.05, 3.63) is 35.1 Å². The summed E-state index contributed by atoms with van der Waals surface area (Å²) in [6.45, 7) is 5.63. The van der Waals surface area contributed by atoms with Gasteiger partial charge in [-0.1, -0.05) is 12.1 Å². The molecule has 4 aliphatic rings. The Bertz CT molecular complexity index is 735. The summed E-state index contributed by atoms with van der Waals surface area (Å²) in [7, 11) is 0. The molecular weight excluding hydrogens is 331 g/mol. The van der Waals surface area contributed by atoms with Crippen molar-refractivity contribution in [3.8, 4) is 0 Å². The average molecular weight is 358 g/mol. The van der Waals surface area contributed by atoms with Crippen molar-refractivity contribution in [1.29, 1.82) is 0 Å². The maximum absolute atomic E-state index is 14.2. The second-order valence-electron chi connectivity index (χ2n) is 8.81. The van der Waals surface area contributed by atoms with Gasteiger partial charge < -0.3 is 10.1 Å². The average Bonchev–Trinajstić information content (AvgIpc) is 3.11. The number of ether oxygens (including phenoxy) is 1. The molecule has 0 radical (unpaired) electrons. The number of aryl methyl sites for hydroxylation is 1. The number of hydrogen-bond donors (Lipinski definition) is 1. The molecule has 1 aromatic carbocycles. The predicted molar refractivity (Wildman–Crippen MR) is 96.5 cm³/mol. The van der Waals surface area contributed by atoms with Crippen molar-refractivity contribution >= 4 is 5.91 Å². The van der Waals surface area contributed by atoms with Crippen LogP contribution < -0.4 is 5.32 Å². The fourth-order valence-electron chi connectivity index (χ4n) is 5.49. The van der Waals surface area contributed by atoms with Crippen LogP contribution in [0.3, 0.4) is 0 Å². The van der Waals surface area contributed by atoms with Gasteiger partial charge in [-0.2, -0.15) is 0 Å². The van der Waals surface area contributed by atoms with Crippen LogP contribution in [0.25, 0.3) is 0 Å². The molecule has 2 bridgehead atoms. The van der Waals surface area contributed by atoms with E-state index in [0.29, 0.717) is 23.9 Å². The van der Waals surface area contributed by atoms with Crippen LogP contribution in [0.15, 0.2) is 18.2 Å². The summed E-state index contributed by atoms with van der Waals surface area (Å²) in [5, 5.41) is 2.99. The third-order valence-corrected chi connectivity index (χ3v) is 7.00. The zero-order valence-corrected chi connectivity index (χ0v) is 15.3. The van der Waals surface area contributed by atoms with Gasteiger partial charge in [-0.25, -0.2) is 4.39 Å². The molecule has 1 spiro atoms. The molecule has 3 aliphatic heterocycles. The molecular formula is C21H27FN2O2. The Labute approximate surface area is 154 Å². The number of carbonyl (C=O) groups is 1. The predicted octanol–water partition coefficient (Wildman–Crippen LogP) is 2.75. The van der Waals surface area contributed by atoms with Crippen LogP contribution in [0.4, 0.5) is 4.39 Å². The van der Waals surface area contributed by atoms with Crippen LogP contribution in [-0.2, 0) is 4.74 Å². The summed E-state index contributed by atoms with van der Waals surface area (Å²) in [6.07, 6.45) is 5.25. The normalized spacial score (nSPS) is 35.7. The Morgan fingerprint density at radius 2 is 2.23 bits per heavy atom. The number of halogens is 1. The first-order valence-electron chi connectivity index (χ1n) is 9.99. The van der Waals surface area contributed by atoms with Crippen LogP contribution in [0.1, 0.15) is 41.6 Å². The van der Waals surface area contributed by atoms with Gasteiger partial charge in [0.1, 0.15) is 5.82 Å². The van der Waals surface area contributed by atoms with Gasteiger partial charge in [0.25, 0.3) is 5.91 Å². The molecule has 0 aromatic heterocycles. The minimum absolute atomic E-state index is 0.0174. The number of nitrogens with one attached hydrogen (secondary N) is 1. The largest absolute Gasteiger partial charge is 0.370 e. The van der Waals surface area contributed by atoms with Crippen LogP contribution in [-0.4, -0.2) is 48.7 Å². The van der Waals surface area contributed by atoms with Crippen molar-refractivity contribution in [3.63, 3.8) is 0 Å². The highest BCUT2D eigenvalue weighted by Crippen LogP contribution is 2.55. The number of rotatable bonds is 5. The van der Waals surface area contributed by atoms with E-state index in [1.54, 1.807) is 25.1 Å². The van der Waals surface area contributed by atoms with Crippen LogP contribution in [0.5, 0.6) is 0 Å². The van der Waals surface area contributed by atoms with Gasteiger partial charge in [-0.3, -0.25) is 9.69 Å². The monoisotopic (exact) mass is 358 g/mol. The smallest absolute Gasteiger partial charge is 0.254 e. The Kier molecular flexibility index (Phi) is 3.87. The number of nitrogens with zero attached hydrogens (tertiary/aromatic N) is 1. The van der Waals surface area contributed by atoms with Gasteiger partial charge in [-0.15, -0.1) is 0 Å². The van der Waals surface area contributed by atoms with E-state index in [1.165, 1.54) is 19.4 Å². The van der Waals surface area contributed by atoms with Crippen molar-refractivity contribution < 1.29 is 13.9 Å². The van der Waals surface area contributed by atoms with Crippen molar-refractivity contribution in [2.75, 3.05) is 26.2 Å². The second kappa shape index (κ2) is 6.03. The van der Waals surface area contributed by atoms with Crippen LogP contribution in [0, 0.1) is 30.5 Å². The summed E-state index contributed by atoms with van der Waals surface area (Å²) in [4.78, 5) is 15.1. The Morgan fingerprint density at radius 1 is 1.38 bits per heavy atom. The summed E-state index contributed by atoms with van der Waals surface area (Å²) < 4.78 is 20.6. The van der Waals surface area contributed by atoms with Gasteiger partial charge in [0.2, 0.25) is 0 Å². The third kappa shape index (κ3) is 2.67. The summed E-state index contributed by atoms with van der Waals surface area (Å²) >= 11 is 0. The van der Waals surface area contributed by atoms with E-state index in [0.717, 1.165) is 31.8 Å². The Morgan fingerprint density at radius 3 is 3.04 bits per heavy atom. The number of fused-ring (bicyclic) bond motifs is 1. The lowest BCUT2D eigenvalue weighted by Gasteiger charge is -2.29. The van der Waals surface area contributed by atoms with E-state index >= 15 is 0 Å². The molecule has 5 heteroatoms. The van der Waals surface area contributed by atoms with Crippen LogP contribution >= 0.6 is 0 Å². The van der Waals surface area contributed by atoms with E-state index < -0.39 is 5.82 Å². The van der Waals surface area contributed by atoms with Crippen molar-refractivity contribution in [1.82, 2.24) is 10.2 Å². The lowest BCUT2D eigenvalue weighted by atomic mass is 9.73. The number of hydrogen-bond acceptors (Lipinski definition) is 3. The van der Waals surface area contributed by atoms with E-state index in [1.807, 2.05) is 0 Å². The maximum atomic E-state index is 14.2. The summed E-state index contributed by atoms with van der Waals surface area (Å²) in [5.74, 6) is 1.02. The minimum Gasteiger partial charge on any atom is -0.370 e. The number of amides is 1. The van der Waals surface area contributed by atoms with Gasteiger partial charge >= 0.3 is 0 Å². The van der Waals surface area contributed by atoms with Crippen molar-refractivity contribution in [2.24, 2.45) is 17.8 Å². The number of likely N-dealkylation sites (tertiary alicyclic amines) is 1. The number of benzene rings is 1. The van der Waals surface area contributed by atoms with Crippen LogP contribution in [0.2, 0.25) is 0 Å². The molecule has 0 unspecified atom stereocenters.